The fourth-order valence-corrected chi connectivity index (χ4v) is 1.00. The van der Waals surface area contributed by atoms with Gasteiger partial charge in [-0.2, -0.15) is 0 Å². The summed E-state index contributed by atoms with van der Waals surface area (Å²) in [6.45, 7) is 15.7. The molecule has 0 aliphatic rings. The van der Waals surface area contributed by atoms with Crippen LogP contribution in [0.4, 0.5) is 5.69 Å². The van der Waals surface area contributed by atoms with Gasteiger partial charge in [0, 0.05) is 5.71 Å². The van der Waals surface area contributed by atoms with E-state index in [2.05, 4.69) is 11.6 Å². The smallest absolute Gasteiger partial charge is 0.0700 e. The fraction of sp³-hybridized carbons (Fsp3) is 0.400. The van der Waals surface area contributed by atoms with Gasteiger partial charge in [-0.05, 0) is 25.5 Å². The SMILES string of the molecule is C=Cc1ccccc1N=C(C)C.CC.CC. The van der Waals surface area contributed by atoms with E-state index in [0.717, 1.165) is 17.0 Å². The summed E-state index contributed by atoms with van der Waals surface area (Å²) >= 11 is 0. The summed E-state index contributed by atoms with van der Waals surface area (Å²) < 4.78 is 0. The molecule has 1 aromatic carbocycles. The van der Waals surface area contributed by atoms with Gasteiger partial charge < -0.3 is 0 Å². The minimum absolute atomic E-state index is 0.993. The van der Waals surface area contributed by atoms with Crippen LogP contribution < -0.4 is 0 Å². The normalized spacial score (nSPS) is 7.62. The standard InChI is InChI=1S/C11H13N.2C2H6/c1-4-10-7-5-6-8-11(10)12-9(2)3;2*1-2/h4-8H,1H2,2-3H3;2*1-2H3. The Hall–Kier alpha value is -1.37. The van der Waals surface area contributed by atoms with Crippen molar-refractivity contribution in [1.29, 1.82) is 0 Å². The Morgan fingerprint density at radius 1 is 1.06 bits per heavy atom. The monoisotopic (exact) mass is 219 g/mol. The molecule has 90 valence electrons. The van der Waals surface area contributed by atoms with Crippen molar-refractivity contribution in [3.8, 4) is 0 Å². The first-order valence-electron chi connectivity index (χ1n) is 5.97. The summed E-state index contributed by atoms with van der Waals surface area (Å²) in [6, 6.07) is 7.97. The van der Waals surface area contributed by atoms with Gasteiger partial charge in [-0.15, -0.1) is 0 Å². The Labute approximate surface area is 101 Å². The lowest BCUT2D eigenvalue weighted by atomic mass is 10.2. The molecule has 0 radical (unpaired) electrons. The second-order valence-corrected chi connectivity index (χ2v) is 2.82. The van der Waals surface area contributed by atoms with E-state index in [1.54, 1.807) is 0 Å². The number of hydrogen-bond acceptors (Lipinski definition) is 1. The molecule has 0 heterocycles. The van der Waals surface area contributed by atoms with E-state index in [4.69, 9.17) is 0 Å². The van der Waals surface area contributed by atoms with Gasteiger partial charge in [-0.3, -0.25) is 4.99 Å². The van der Waals surface area contributed by atoms with Crippen LogP contribution >= 0.6 is 0 Å². The number of aliphatic imine (C=N–C) groups is 1. The number of nitrogens with zero attached hydrogens (tertiary/aromatic N) is 1. The van der Waals surface area contributed by atoms with Crippen molar-refractivity contribution in [1.82, 2.24) is 0 Å². The first kappa shape index (κ1) is 17.0. The minimum Gasteiger partial charge on any atom is -0.258 e. The van der Waals surface area contributed by atoms with Crippen molar-refractivity contribution < 1.29 is 0 Å². The summed E-state index contributed by atoms with van der Waals surface area (Å²) in [7, 11) is 0. The maximum absolute atomic E-state index is 4.38. The van der Waals surface area contributed by atoms with Crippen molar-refractivity contribution in [3.63, 3.8) is 0 Å². The van der Waals surface area contributed by atoms with Crippen LogP contribution in [0.5, 0.6) is 0 Å². The quantitative estimate of drug-likeness (QED) is 0.583. The lowest BCUT2D eigenvalue weighted by Crippen LogP contribution is -1.80. The van der Waals surface area contributed by atoms with E-state index in [1.807, 2.05) is 71.9 Å². The van der Waals surface area contributed by atoms with E-state index in [9.17, 15) is 0 Å². The molecule has 0 spiro atoms. The van der Waals surface area contributed by atoms with Gasteiger partial charge in [0.25, 0.3) is 0 Å². The molecule has 1 heteroatoms. The third-order valence-corrected chi connectivity index (χ3v) is 1.50. The number of rotatable bonds is 2. The Bertz CT molecular complexity index is 307. The summed E-state index contributed by atoms with van der Waals surface area (Å²) in [5.41, 5.74) is 3.13. The highest BCUT2D eigenvalue weighted by Crippen LogP contribution is 2.19. The fourth-order valence-electron chi connectivity index (χ4n) is 1.00. The predicted octanol–water partition coefficient (Wildman–Crippen LogP) is 5.49. The maximum atomic E-state index is 4.38. The minimum atomic E-state index is 0.993. The van der Waals surface area contributed by atoms with E-state index >= 15 is 0 Å². The first-order chi connectivity index (χ1) is 7.74. The average Bonchev–Trinajstić information content (AvgIpc) is 2.34. The molecule has 0 atom stereocenters. The molecule has 0 aromatic heterocycles. The van der Waals surface area contributed by atoms with Crippen molar-refractivity contribution in [2.75, 3.05) is 0 Å². The van der Waals surface area contributed by atoms with Gasteiger partial charge in [-0.25, -0.2) is 0 Å². The Balaban J connectivity index is 0. The Kier molecular flexibility index (Phi) is 12.5. The van der Waals surface area contributed by atoms with E-state index in [-0.39, 0.29) is 0 Å². The summed E-state index contributed by atoms with van der Waals surface area (Å²) in [6.07, 6.45) is 1.82. The molecule has 0 aliphatic heterocycles. The molecule has 0 N–H and O–H groups in total. The van der Waals surface area contributed by atoms with Crippen LogP contribution in [0.15, 0.2) is 35.8 Å². The predicted molar refractivity (Wildman–Crippen MR) is 77.7 cm³/mol. The number of para-hydroxylation sites is 1. The van der Waals surface area contributed by atoms with Crippen LogP contribution in [0.2, 0.25) is 0 Å². The highest BCUT2D eigenvalue weighted by Gasteiger charge is 1.93. The zero-order valence-corrected chi connectivity index (χ0v) is 11.5. The van der Waals surface area contributed by atoms with Gasteiger partial charge in [0.05, 0.1) is 5.69 Å². The van der Waals surface area contributed by atoms with Gasteiger partial charge in [0.2, 0.25) is 0 Å². The second kappa shape index (κ2) is 11.7. The van der Waals surface area contributed by atoms with Gasteiger partial charge >= 0.3 is 0 Å². The summed E-state index contributed by atoms with van der Waals surface area (Å²) in [5, 5.41) is 0. The summed E-state index contributed by atoms with van der Waals surface area (Å²) in [5.74, 6) is 0. The van der Waals surface area contributed by atoms with Crippen molar-refractivity contribution >= 4 is 17.5 Å². The topological polar surface area (TPSA) is 12.4 Å². The third kappa shape index (κ3) is 6.99. The molecule has 0 unspecified atom stereocenters. The molecule has 16 heavy (non-hydrogen) atoms. The molecule has 0 saturated heterocycles. The van der Waals surface area contributed by atoms with Gasteiger partial charge in [0.1, 0.15) is 0 Å². The zero-order chi connectivity index (χ0) is 13.0. The van der Waals surface area contributed by atoms with Crippen molar-refractivity contribution in [3.05, 3.63) is 36.4 Å². The molecule has 1 rings (SSSR count). The zero-order valence-electron chi connectivity index (χ0n) is 11.5. The van der Waals surface area contributed by atoms with Crippen molar-refractivity contribution in [2.24, 2.45) is 4.99 Å². The molecule has 1 nitrogen and oxygen atoms in total. The van der Waals surface area contributed by atoms with Crippen molar-refractivity contribution in [2.45, 2.75) is 41.5 Å². The summed E-state index contributed by atoms with van der Waals surface area (Å²) in [4.78, 5) is 4.38. The van der Waals surface area contributed by atoms with Crippen LogP contribution in [-0.2, 0) is 0 Å². The second-order valence-electron chi connectivity index (χ2n) is 2.82. The molecular formula is C15H25N. The largest absolute Gasteiger partial charge is 0.258 e. The molecule has 0 fully saturated rings. The van der Waals surface area contributed by atoms with Gasteiger partial charge in [-0.1, -0.05) is 58.5 Å². The Morgan fingerprint density at radius 2 is 1.56 bits per heavy atom. The maximum Gasteiger partial charge on any atom is 0.0700 e. The lowest BCUT2D eigenvalue weighted by molar-refractivity contribution is 1.46. The molecule has 1 aromatic rings. The molecule has 0 saturated carbocycles. The highest BCUT2D eigenvalue weighted by atomic mass is 14.7. The van der Waals surface area contributed by atoms with Crippen LogP contribution in [-0.4, -0.2) is 5.71 Å². The number of hydrogen-bond donors (Lipinski definition) is 0. The molecular weight excluding hydrogens is 194 g/mol. The third-order valence-electron chi connectivity index (χ3n) is 1.50. The highest BCUT2D eigenvalue weighted by molar-refractivity contribution is 5.83. The Morgan fingerprint density at radius 3 is 2.00 bits per heavy atom. The van der Waals surface area contributed by atoms with E-state index in [0.29, 0.717) is 0 Å². The van der Waals surface area contributed by atoms with Crippen LogP contribution in [0, 0.1) is 0 Å². The van der Waals surface area contributed by atoms with Gasteiger partial charge in [0.15, 0.2) is 0 Å². The molecule has 0 aliphatic carbocycles. The molecule has 0 bridgehead atoms. The number of benzene rings is 1. The van der Waals surface area contributed by atoms with E-state index < -0.39 is 0 Å². The average molecular weight is 219 g/mol. The van der Waals surface area contributed by atoms with E-state index in [1.165, 1.54) is 0 Å². The van der Waals surface area contributed by atoms with Crippen LogP contribution in [0.1, 0.15) is 47.1 Å². The lowest BCUT2D eigenvalue weighted by Gasteiger charge is -1.99. The van der Waals surface area contributed by atoms with Crippen LogP contribution in [0.3, 0.4) is 0 Å². The van der Waals surface area contributed by atoms with Crippen LogP contribution in [0.25, 0.3) is 6.08 Å². The molecule has 0 amide bonds. The first-order valence-corrected chi connectivity index (χ1v) is 5.97.